The molecule has 3 rings (SSSR count). The van der Waals surface area contributed by atoms with Crippen LogP contribution in [0, 0.1) is 17.7 Å². The molecule has 1 aliphatic heterocycles. The van der Waals surface area contributed by atoms with Gasteiger partial charge in [0.1, 0.15) is 12.4 Å². The Balaban J connectivity index is 1.38. The number of hydrogen-bond acceptors (Lipinski definition) is 5. The number of allylic oxidation sites excluding steroid dienone is 2. The van der Waals surface area contributed by atoms with Crippen LogP contribution < -0.4 is 5.32 Å². The number of esters is 1. The van der Waals surface area contributed by atoms with E-state index < -0.39 is 36.9 Å². The minimum absolute atomic E-state index is 0.307. The van der Waals surface area contributed by atoms with E-state index in [-0.39, 0.29) is 17.6 Å². The van der Waals surface area contributed by atoms with Crippen molar-refractivity contribution in [3.63, 3.8) is 0 Å². The minimum Gasteiger partial charge on any atom is -0.454 e. The Kier molecular flexibility index (Phi) is 6.18. The Morgan fingerprint density at radius 1 is 1.07 bits per heavy atom. The van der Waals surface area contributed by atoms with Gasteiger partial charge in [0.2, 0.25) is 11.8 Å². The van der Waals surface area contributed by atoms with Crippen LogP contribution in [0.15, 0.2) is 36.4 Å². The second-order valence-corrected chi connectivity index (χ2v) is 6.81. The number of halogens is 1. The van der Waals surface area contributed by atoms with Gasteiger partial charge in [0.05, 0.1) is 11.8 Å². The van der Waals surface area contributed by atoms with E-state index in [1.54, 1.807) is 12.1 Å². The van der Waals surface area contributed by atoms with Gasteiger partial charge in [0, 0.05) is 6.54 Å². The maximum atomic E-state index is 12.8. The van der Waals surface area contributed by atoms with Crippen molar-refractivity contribution >= 4 is 23.7 Å². The second-order valence-electron chi connectivity index (χ2n) is 6.81. The number of carbonyl (C=O) groups excluding carboxylic acids is 4. The first-order valence-electron chi connectivity index (χ1n) is 9.12. The number of rotatable bonds is 7. The number of carbonyl (C=O) groups is 4. The van der Waals surface area contributed by atoms with E-state index in [4.69, 9.17) is 4.74 Å². The molecule has 1 aromatic rings. The average molecular weight is 388 g/mol. The van der Waals surface area contributed by atoms with Crippen LogP contribution in [0.4, 0.5) is 4.39 Å². The van der Waals surface area contributed by atoms with E-state index >= 15 is 0 Å². The summed E-state index contributed by atoms with van der Waals surface area (Å²) in [5.74, 6) is -3.15. The summed E-state index contributed by atoms with van der Waals surface area (Å²) in [4.78, 5) is 49.2. The van der Waals surface area contributed by atoms with Crippen molar-refractivity contribution in [1.29, 1.82) is 0 Å². The third kappa shape index (κ3) is 4.62. The lowest BCUT2D eigenvalue weighted by atomic mass is 9.85. The van der Waals surface area contributed by atoms with Crippen molar-refractivity contribution in [2.45, 2.75) is 19.3 Å². The third-order valence-electron chi connectivity index (χ3n) is 4.90. The molecule has 3 amide bonds. The zero-order chi connectivity index (χ0) is 20.1. The van der Waals surface area contributed by atoms with Crippen LogP contribution in [0.1, 0.15) is 18.4 Å². The summed E-state index contributed by atoms with van der Waals surface area (Å²) < 4.78 is 17.7. The SMILES string of the molecule is O=C(COC(=O)CN1C(=O)C2CC=CCC2C1=O)NCCc1ccc(F)cc1. The molecule has 28 heavy (non-hydrogen) atoms. The smallest absolute Gasteiger partial charge is 0.326 e. The molecule has 2 atom stereocenters. The Morgan fingerprint density at radius 2 is 1.68 bits per heavy atom. The fourth-order valence-electron chi connectivity index (χ4n) is 3.39. The maximum Gasteiger partial charge on any atom is 0.326 e. The molecule has 1 fully saturated rings. The number of ether oxygens (including phenoxy) is 1. The first-order valence-corrected chi connectivity index (χ1v) is 9.12. The molecule has 0 bridgehead atoms. The van der Waals surface area contributed by atoms with Crippen molar-refractivity contribution in [3.05, 3.63) is 47.8 Å². The van der Waals surface area contributed by atoms with Crippen molar-refractivity contribution < 1.29 is 28.3 Å². The summed E-state index contributed by atoms with van der Waals surface area (Å²) in [6.45, 7) is -0.665. The molecule has 8 heteroatoms. The van der Waals surface area contributed by atoms with Gasteiger partial charge < -0.3 is 10.1 Å². The second kappa shape index (κ2) is 8.77. The Hall–Kier alpha value is -3.03. The number of fused-ring (bicyclic) bond motifs is 1. The van der Waals surface area contributed by atoms with Crippen LogP contribution in [0.25, 0.3) is 0 Å². The molecule has 1 aliphatic carbocycles. The zero-order valence-electron chi connectivity index (χ0n) is 15.2. The van der Waals surface area contributed by atoms with Crippen molar-refractivity contribution in [2.75, 3.05) is 19.7 Å². The Bertz CT molecular complexity index is 779. The molecule has 0 saturated carbocycles. The van der Waals surface area contributed by atoms with Gasteiger partial charge in [-0.1, -0.05) is 24.3 Å². The number of hydrogen-bond donors (Lipinski definition) is 1. The molecule has 0 radical (unpaired) electrons. The van der Waals surface area contributed by atoms with Crippen LogP contribution in [-0.2, 0) is 30.3 Å². The number of benzene rings is 1. The number of likely N-dealkylation sites (tertiary alicyclic amines) is 1. The lowest BCUT2D eigenvalue weighted by molar-refractivity contribution is -0.154. The maximum absolute atomic E-state index is 12.8. The van der Waals surface area contributed by atoms with Crippen LogP contribution in [0.3, 0.4) is 0 Å². The van der Waals surface area contributed by atoms with Gasteiger partial charge in [0.15, 0.2) is 6.61 Å². The highest BCUT2D eigenvalue weighted by Gasteiger charge is 2.47. The molecular weight excluding hydrogens is 367 g/mol. The summed E-state index contributed by atoms with van der Waals surface area (Å²) in [6.07, 6.45) is 5.23. The quantitative estimate of drug-likeness (QED) is 0.427. The standard InChI is InChI=1S/C20H21FN2O5/c21-14-7-5-13(6-8-14)9-10-22-17(24)12-28-18(25)11-23-19(26)15-3-1-2-4-16(15)20(23)27/h1-2,5-8,15-16H,3-4,9-12H2,(H,22,24). The summed E-state index contributed by atoms with van der Waals surface area (Å²) in [7, 11) is 0. The third-order valence-corrected chi connectivity index (χ3v) is 4.90. The van der Waals surface area contributed by atoms with E-state index in [2.05, 4.69) is 5.32 Å². The van der Waals surface area contributed by atoms with Gasteiger partial charge in [-0.25, -0.2) is 4.39 Å². The van der Waals surface area contributed by atoms with Crippen LogP contribution >= 0.6 is 0 Å². The molecule has 2 aliphatic rings. The van der Waals surface area contributed by atoms with Gasteiger partial charge in [0.25, 0.3) is 5.91 Å². The molecule has 0 aromatic heterocycles. The monoisotopic (exact) mass is 388 g/mol. The predicted octanol–water partition coefficient (Wildman–Crippen LogP) is 0.979. The molecule has 1 aromatic carbocycles. The molecule has 1 heterocycles. The van der Waals surface area contributed by atoms with Crippen LogP contribution in [0.2, 0.25) is 0 Å². The Morgan fingerprint density at radius 3 is 2.29 bits per heavy atom. The van der Waals surface area contributed by atoms with E-state index in [1.807, 2.05) is 12.2 Å². The van der Waals surface area contributed by atoms with Crippen molar-refractivity contribution in [2.24, 2.45) is 11.8 Å². The van der Waals surface area contributed by atoms with E-state index in [9.17, 15) is 23.6 Å². The largest absolute Gasteiger partial charge is 0.454 e. The zero-order valence-corrected chi connectivity index (χ0v) is 15.2. The molecule has 7 nitrogen and oxygen atoms in total. The molecule has 0 spiro atoms. The fourth-order valence-corrected chi connectivity index (χ4v) is 3.39. The van der Waals surface area contributed by atoms with E-state index in [1.165, 1.54) is 12.1 Å². The number of nitrogens with one attached hydrogen (secondary N) is 1. The van der Waals surface area contributed by atoms with Crippen molar-refractivity contribution in [3.8, 4) is 0 Å². The summed E-state index contributed by atoms with van der Waals surface area (Å²) >= 11 is 0. The van der Waals surface area contributed by atoms with Crippen LogP contribution in [0.5, 0.6) is 0 Å². The van der Waals surface area contributed by atoms with Crippen molar-refractivity contribution in [1.82, 2.24) is 10.2 Å². The first-order chi connectivity index (χ1) is 13.5. The first kappa shape index (κ1) is 19.7. The lowest BCUT2D eigenvalue weighted by Crippen LogP contribution is -2.38. The summed E-state index contributed by atoms with van der Waals surface area (Å²) in [6, 6.07) is 5.93. The number of nitrogens with zero attached hydrogens (tertiary/aromatic N) is 1. The van der Waals surface area contributed by atoms with Gasteiger partial charge in [-0.3, -0.25) is 24.1 Å². The van der Waals surface area contributed by atoms with Gasteiger partial charge in [-0.15, -0.1) is 0 Å². The van der Waals surface area contributed by atoms with Gasteiger partial charge in [-0.2, -0.15) is 0 Å². The predicted molar refractivity (Wildman–Crippen MR) is 96.1 cm³/mol. The fraction of sp³-hybridized carbons (Fsp3) is 0.400. The summed E-state index contributed by atoms with van der Waals surface area (Å²) in [5.41, 5.74) is 0.862. The lowest BCUT2D eigenvalue weighted by Gasteiger charge is -2.14. The summed E-state index contributed by atoms with van der Waals surface area (Å²) in [5, 5.41) is 2.59. The highest BCUT2D eigenvalue weighted by Crippen LogP contribution is 2.34. The van der Waals surface area contributed by atoms with Crippen LogP contribution in [-0.4, -0.2) is 48.3 Å². The number of amides is 3. The number of imide groups is 1. The molecule has 2 unspecified atom stereocenters. The average Bonchev–Trinajstić information content (AvgIpc) is 2.93. The normalized spacial score (nSPS) is 20.8. The Labute approximate surface area is 161 Å². The van der Waals surface area contributed by atoms with E-state index in [0.717, 1.165) is 10.5 Å². The van der Waals surface area contributed by atoms with Gasteiger partial charge in [-0.05, 0) is 37.0 Å². The molecular formula is C20H21FN2O5. The highest BCUT2D eigenvalue weighted by molar-refractivity contribution is 6.07. The molecule has 1 N–H and O–H groups in total. The highest BCUT2D eigenvalue weighted by atomic mass is 19.1. The molecule has 148 valence electrons. The van der Waals surface area contributed by atoms with Gasteiger partial charge >= 0.3 is 5.97 Å². The molecule has 1 saturated heterocycles. The topological polar surface area (TPSA) is 92.8 Å². The minimum atomic E-state index is -0.804. The van der Waals surface area contributed by atoms with E-state index in [0.29, 0.717) is 25.8 Å².